The van der Waals surface area contributed by atoms with E-state index in [1.54, 1.807) is 23.5 Å². The van der Waals surface area contributed by atoms with Gasteiger partial charge in [-0.15, -0.1) is 11.3 Å². The van der Waals surface area contributed by atoms with Crippen LogP contribution < -0.4 is 5.32 Å². The third kappa shape index (κ3) is 3.75. The molecule has 2 aromatic heterocycles. The molecule has 1 atom stereocenters. The van der Waals surface area contributed by atoms with Gasteiger partial charge >= 0.3 is 0 Å². The maximum Gasteiger partial charge on any atom is 0.268 e. The predicted molar refractivity (Wildman–Crippen MR) is 115 cm³/mol. The molecule has 0 aliphatic carbocycles. The minimum Gasteiger partial charge on any atom is -0.344 e. The molecule has 0 radical (unpaired) electrons. The van der Waals surface area contributed by atoms with Crippen LogP contribution >= 0.6 is 27.3 Å². The van der Waals surface area contributed by atoms with Gasteiger partial charge < -0.3 is 9.88 Å². The maximum absolute atomic E-state index is 13.3. The number of aromatic nitrogens is 1. The summed E-state index contributed by atoms with van der Waals surface area (Å²) in [4.78, 5) is 13.1. The van der Waals surface area contributed by atoms with Gasteiger partial charge in [0.2, 0.25) is 0 Å². The first-order chi connectivity index (χ1) is 13.5. The zero-order valence-electron chi connectivity index (χ0n) is 15.2. The molecule has 0 bridgehead atoms. The lowest BCUT2D eigenvalue weighted by atomic mass is 10.1. The molecule has 28 heavy (non-hydrogen) atoms. The maximum atomic E-state index is 13.3. The first-order valence-corrected chi connectivity index (χ1v) is 10.6. The highest BCUT2D eigenvalue weighted by Crippen LogP contribution is 2.34. The Morgan fingerprint density at radius 2 is 1.89 bits per heavy atom. The van der Waals surface area contributed by atoms with Gasteiger partial charge in [-0.25, -0.2) is 4.39 Å². The number of amides is 1. The largest absolute Gasteiger partial charge is 0.344 e. The summed E-state index contributed by atoms with van der Waals surface area (Å²) in [7, 11) is 0. The average Bonchev–Trinajstić information content (AvgIpc) is 3.24. The number of nitrogens with one attached hydrogen (secondary N) is 1. The number of nitrogens with zero attached hydrogens (tertiary/aromatic N) is 1. The van der Waals surface area contributed by atoms with Crippen LogP contribution in [-0.2, 0) is 6.54 Å². The Labute approximate surface area is 174 Å². The number of hydrogen-bond donors (Lipinski definition) is 1. The van der Waals surface area contributed by atoms with Crippen LogP contribution in [0.2, 0.25) is 0 Å². The standard InChI is InChI=1S/C22H18BrFN2OS/c1-14(16-5-3-2-4-6-16)25-22(27)19-11-20-21(18(23)13-28-20)26(19)12-15-7-9-17(24)10-8-15/h2-11,13-14H,12H2,1H3,(H,25,27)/t14-/m0/s1. The van der Waals surface area contributed by atoms with Crippen molar-refractivity contribution in [3.63, 3.8) is 0 Å². The second-order valence-electron chi connectivity index (χ2n) is 6.64. The summed E-state index contributed by atoms with van der Waals surface area (Å²) in [6.07, 6.45) is 0. The van der Waals surface area contributed by atoms with E-state index < -0.39 is 0 Å². The van der Waals surface area contributed by atoms with Crippen LogP contribution in [0.5, 0.6) is 0 Å². The van der Waals surface area contributed by atoms with Crippen LogP contribution in [0, 0.1) is 5.82 Å². The summed E-state index contributed by atoms with van der Waals surface area (Å²) < 4.78 is 17.2. The first kappa shape index (κ1) is 18.9. The van der Waals surface area contributed by atoms with E-state index in [0.717, 1.165) is 25.8 Å². The molecule has 0 aliphatic heterocycles. The Hall–Kier alpha value is -2.44. The van der Waals surface area contributed by atoms with Gasteiger partial charge in [0.15, 0.2) is 0 Å². The van der Waals surface area contributed by atoms with Gasteiger partial charge in [-0.1, -0.05) is 42.5 Å². The monoisotopic (exact) mass is 456 g/mol. The molecule has 0 saturated carbocycles. The van der Waals surface area contributed by atoms with Crippen molar-refractivity contribution >= 4 is 43.4 Å². The third-order valence-corrected chi connectivity index (χ3v) is 6.54. The fourth-order valence-corrected chi connectivity index (χ4v) is 4.94. The Balaban J connectivity index is 1.68. The first-order valence-electron chi connectivity index (χ1n) is 8.89. The number of rotatable bonds is 5. The van der Waals surface area contributed by atoms with Crippen LogP contribution in [0.3, 0.4) is 0 Å². The zero-order valence-corrected chi connectivity index (χ0v) is 17.6. The molecule has 2 heterocycles. The Kier molecular flexibility index (Phi) is 5.33. The van der Waals surface area contributed by atoms with E-state index in [0.29, 0.717) is 12.2 Å². The number of halogens is 2. The van der Waals surface area contributed by atoms with E-state index in [2.05, 4.69) is 21.2 Å². The van der Waals surface area contributed by atoms with Crippen molar-refractivity contribution in [2.45, 2.75) is 19.5 Å². The topological polar surface area (TPSA) is 34.0 Å². The number of hydrogen-bond acceptors (Lipinski definition) is 2. The fourth-order valence-electron chi connectivity index (χ4n) is 3.25. The summed E-state index contributed by atoms with van der Waals surface area (Å²) in [5.74, 6) is -0.401. The normalized spacial score (nSPS) is 12.2. The molecule has 2 aromatic carbocycles. The predicted octanol–water partition coefficient (Wildman–Crippen LogP) is 6.14. The highest BCUT2D eigenvalue weighted by molar-refractivity contribution is 9.10. The van der Waals surface area contributed by atoms with E-state index in [-0.39, 0.29) is 17.8 Å². The van der Waals surface area contributed by atoms with Crippen LogP contribution in [0.4, 0.5) is 4.39 Å². The van der Waals surface area contributed by atoms with Gasteiger partial charge in [0.1, 0.15) is 11.5 Å². The molecule has 0 aliphatic rings. The number of fused-ring (bicyclic) bond motifs is 1. The average molecular weight is 457 g/mol. The van der Waals surface area contributed by atoms with Crippen molar-refractivity contribution < 1.29 is 9.18 Å². The molecule has 0 fully saturated rings. The van der Waals surface area contributed by atoms with Gasteiger partial charge in [0, 0.05) is 11.9 Å². The van der Waals surface area contributed by atoms with Gasteiger partial charge in [-0.2, -0.15) is 0 Å². The van der Waals surface area contributed by atoms with Crippen molar-refractivity contribution in [1.29, 1.82) is 0 Å². The van der Waals surface area contributed by atoms with Crippen LogP contribution in [0.25, 0.3) is 10.2 Å². The molecular formula is C22H18BrFN2OS. The molecule has 6 heteroatoms. The van der Waals surface area contributed by atoms with Crippen molar-refractivity contribution in [3.05, 3.63) is 93.2 Å². The Morgan fingerprint density at radius 1 is 1.18 bits per heavy atom. The summed E-state index contributed by atoms with van der Waals surface area (Å²) in [5.41, 5.74) is 3.55. The molecule has 4 aromatic rings. The van der Waals surface area contributed by atoms with Crippen molar-refractivity contribution in [1.82, 2.24) is 9.88 Å². The number of thiophene rings is 1. The van der Waals surface area contributed by atoms with Crippen molar-refractivity contribution in [2.24, 2.45) is 0 Å². The van der Waals surface area contributed by atoms with E-state index in [1.165, 1.54) is 12.1 Å². The second kappa shape index (κ2) is 7.89. The number of benzene rings is 2. The van der Waals surface area contributed by atoms with Crippen molar-refractivity contribution in [3.8, 4) is 0 Å². The zero-order chi connectivity index (χ0) is 19.7. The van der Waals surface area contributed by atoms with Gasteiger partial charge in [-0.05, 0) is 52.2 Å². The lowest BCUT2D eigenvalue weighted by molar-refractivity contribution is 0.0931. The van der Waals surface area contributed by atoms with E-state index >= 15 is 0 Å². The minimum absolute atomic E-state index is 0.107. The number of carbonyl (C=O) groups excluding carboxylic acids is 1. The fraction of sp³-hybridized carbons (Fsp3) is 0.136. The summed E-state index contributed by atoms with van der Waals surface area (Å²) in [5, 5.41) is 5.10. The van der Waals surface area contributed by atoms with Gasteiger partial charge in [0.05, 0.1) is 20.7 Å². The Bertz CT molecular complexity index is 1120. The second-order valence-corrected chi connectivity index (χ2v) is 8.41. The van der Waals surface area contributed by atoms with Crippen LogP contribution in [0.15, 0.2) is 70.5 Å². The summed E-state index contributed by atoms with van der Waals surface area (Å²) in [6.45, 7) is 2.46. The van der Waals surface area contributed by atoms with E-state index in [1.807, 2.05) is 53.3 Å². The number of carbonyl (C=O) groups is 1. The smallest absolute Gasteiger partial charge is 0.268 e. The molecule has 3 nitrogen and oxygen atoms in total. The molecule has 0 saturated heterocycles. The molecule has 4 rings (SSSR count). The molecular weight excluding hydrogens is 439 g/mol. The third-order valence-electron chi connectivity index (χ3n) is 4.71. The molecule has 1 amide bonds. The molecule has 142 valence electrons. The van der Waals surface area contributed by atoms with Gasteiger partial charge in [-0.3, -0.25) is 4.79 Å². The highest BCUT2D eigenvalue weighted by Gasteiger charge is 2.20. The quantitative estimate of drug-likeness (QED) is 0.384. The lowest BCUT2D eigenvalue weighted by Gasteiger charge is -2.16. The summed E-state index contributed by atoms with van der Waals surface area (Å²) in [6, 6.07) is 18.1. The van der Waals surface area contributed by atoms with E-state index in [4.69, 9.17) is 0 Å². The minimum atomic E-state index is -0.271. The molecule has 0 spiro atoms. The van der Waals surface area contributed by atoms with Gasteiger partial charge in [0.25, 0.3) is 5.91 Å². The van der Waals surface area contributed by atoms with Crippen molar-refractivity contribution in [2.75, 3.05) is 0 Å². The molecule has 0 unspecified atom stereocenters. The molecule has 1 N–H and O–H groups in total. The highest BCUT2D eigenvalue weighted by atomic mass is 79.9. The summed E-state index contributed by atoms with van der Waals surface area (Å²) >= 11 is 5.18. The van der Waals surface area contributed by atoms with E-state index in [9.17, 15) is 9.18 Å². The van der Waals surface area contributed by atoms with Crippen LogP contribution in [0.1, 0.15) is 34.6 Å². The van der Waals surface area contributed by atoms with Crippen LogP contribution in [-0.4, -0.2) is 10.5 Å². The SMILES string of the molecule is C[C@H](NC(=O)c1cc2scc(Br)c2n1Cc1ccc(F)cc1)c1ccccc1. The lowest BCUT2D eigenvalue weighted by Crippen LogP contribution is -2.28. The Morgan fingerprint density at radius 3 is 2.61 bits per heavy atom.